The van der Waals surface area contributed by atoms with E-state index in [9.17, 15) is 8.42 Å². The third-order valence-electron chi connectivity index (χ3n) is 2.47. The molecular formula is C12H21N3O2S. The predicted molar refractivity (Wildman–Crippen MR) is 73.0 cm³/mol. The minimum atomic E-state index is -3.45. The van der Waals surface area contributed by atoms with Gasteiger partial charge in [0, 0.05) is 19.8 Å². The summed E-state index contributed by atoms with van der Waals surface area (Å²) in [5, 5.41) is 2.84. The third kappa shape index (κ3) is 4.62. The molecule has 0 aliphatic heterocycles. The number of sulfonamides is 1. The molecule has 0 aliphatic rings. The summed E-state index contributed by atoms with van der Waals surface area (Å²) < 4.78 is 26.5. The van der Waals surface area contributed by atoms with Gasteiger partial charge >= 0.3 is 0 Å². The summed E-state index contributed by atoms with van der Waals surface area (Å²) in [6.45, 7) is 6.65. The Balaban J connectivity index is 2.68. The Morgan fingerprint density at radius 3 is 2.39 bits per heavy atom. The monoisotopic (exact) mass is 271 g/mol. The second kappa shape index (κ2) is 5.67. The molecule has 0 radical (unpaired) electrons. The van der Waals surface area contributed by atoms with Crippen molar-refractivity contribution in [3.05, 3.63) is 18.3 Å². The van der Waals surface area contributed by atoms with Gasteiger partial charge in [-0.25, -0.2) is 18.1 Å². The van der Waals surface area contributed by atoms with Gasteiger partial charge in [0.2, 0.25) is 10.0 Å². The van der Waals surface area contributed by atoms with Gasteiger partial charge in [-0.3, -0.25) is 0 Å². The van der Waals surface area contributed by atoms with Crippen molar-refractivity contribution in [1.29, 1.82) is 0 Å². The fourth-order valence-electron chi connectivity index (χ4n) is 1.33. The highest BCUT2D eigenvalue weighted by molar-refractivity contribution is 7.89. The van der Waals surface area contributed by atoms with Gasteiger partial charge in [-0.2, -0.15) is 0 Å². The van der Waals surface area contributed by atoms with Crippen molar-refractivity contribution in [1.82, 2.24) is 9.71 Å². The number of hydrogen-bond acceptors (Lipinski definition) is 4. The molecule has 0 saturated heterocycles. The Morgan fingerprint density at radius 2 is 1.94 bits per heavy atom. The van der Waals surface area contributed by atoms with E-state index in [0.717, 1.165) is 6.42 Å². The summed E-state index contributed by atoms with van der Waals surface area (Å²) in [6.07, 6.45) is 2.14. The SMILES string of the molecule is CNc1ccc(S(=O)(=O)NCCC(C)(C)C)cn1. The fraction of sp³-hybridized carbons (Fsp3) is 0.583. The van der Waals surface area contributed by atoms with E-state index >= 15 is 0 Å². The molecule has 1 heterocycles. The van der Waals surface area contributed by atoms with Crippen molar-refractivity contribution in [3.63, 3.8) is 0 Å². The summed E-state index contributed by atoms with van der Waals surface area (Å²) in [4.78, 5) is 4.18. The van der Waals surface area contributed by atoms with Gasteiger partial charge in [-0.05, 0) is 24.0 Å². The maximum atomic E-state index is 11.9. The average Bonchev–Trinajstić information content (AvgIpc) is 2.27. The van der Waals surface area contributed by atoms with Crippen LogP contribution in [0.2, 0.25) is 0 Å². The first-order chi connectivity index (χ1) is 8.24. The normalized spacial score (nSPS) is 12.4. The molecule has 0 saturated carbocycles. The molecule has 102 valence electrons. The van der Waals surface area contributed by atoms with Gasteiger partial charge in [-0.15, -0.1) is 0 Å². The smallest absolute Gasteiger partial charge is 0.242 e. The molecule has 0 amide bonds. The molecule has 0 aliphatic carbocycles. The number of rotatable bonds is 5. The van der Waals surface area contributed by atoms with E-state index < -0.39 is 10.0 Å². The summed E-state index contributed by atoms with van der Waals surface area (Å²) >= 11 is 0. The second-order valence-corrected chi connectivity index (χ2v) is 7.10. The van der Waals surface area contributed by atoms with Crippen LogP contribution in [0.25, 0.3) is 0 Å². The maximum Gasteiger partial charge on any atom is 0.242 e. The van der Waals surface area contributed by atoms with Crippen LogP contribution in [0.1, 0.15) is 27.2 Å². The van der Waals surface area contributed by atoms with Crippen LogP contribution in [0, 0.1) is 5.41 Å². The van der Waals surface area contributed by atoms with E-state index in [0.29, 0.717) is 12.4 Å². The zero-order valence-electron chi connectivity index (χ0n) is 11.3. The number of nitrogens with zero attached hydrogens (tertiary/aromatic N) is 1. The molecular weight excluding hydrogens is 250 g/mol. The van der Waals surface area contributed by atoms with E-state index in [1.54, 1.807) is 13.1 Å². The van der Waals surface area contributed by atoms with E-state index in [1.807, 2.05) is 0 Å². The number of aromatic nitrogens is 1. The van der Waals surface area contributed by atoms with E-state index in [4.69, 9.17) is 0 Å². The van der Waals surface area contributed by atoms with Crippen molar-refractivity contribution in [2.45, 2.75) is 32.1 Å². The Labute approximate surface area is 109 Å². The molecule has 2 N–H and O–H groups in total. The van der Waals surface area contributed by atoms with Gasteiger partial charge in [0.1, 0.15) is 10.7 Å². The minimum absolute atomic E-state index is 0.108. The Hall–Kier alpha value is -1.14. The lowest BCUT2D eigenvalue weighted by molar-refractivity contribution is 0.378. The zero-order valence-corrected chi connectivity index (χ0v) is 12.1. The summed E-state index contributed by atoms with van der Waals surface area (Å²) in [5.41, 5.74) is 0.108. The lowest BCUT2D eigenvalue weighted by Crippen LogP contribution is -2.27. The van der Waals surface area contributed by atoms with Crippen LogP contribution in [-0.2, 0) is 10.0 Å². The molecule has 0 fully saturated rings. The largest absolute Gasteiger partial charge is 0.373 e. The molecule has 1 rings (SSSR count). The molecule has 5 nitrogen and oxygen atoms in total. The quantitative estimate of drug-likeness (QED) is 0.857. The van der Waals surface area contributed by atoms with Crippen molar-refractivity contribution >= 4 is 15.8 Å². The Morgan fingerprint density at radius 1 is 1.28 bits per heavy atom. The number of anilines is 1. The highest BCUT2D eigenvalue weighted by Gasteiger charge is 2.16. The topological polar surface area (TPSA) is 71.1 Å². The van der Waals surface area contributed by atoms with Crippen molar-refractivity contribution in [2.75, 3.05) is 18.9 Å². The second-order valence-electron chi connectivity index (χ2n) is 5.34. The molecule has 0 unspecified atom stereocenters. The first-order valence-corrected chi connectivity index (χ1v) is 7.36. The summed E-state index contributed by atoms with van der Waals surface area (Å²) in [5.74, 6) is 0.642. The minimum Gasteiger partial charge on any atom is -0.373 e. The fourth-order valence-corrected chi connectivity index (χ4v) is 2.31. The molecule has 1 aromatic heterocycles. The number of hydrogen-bond donors (Lipinski definition) is 2. The third-order valence-corrected chi connectivity index (χ3v) is 3.92. The summed E-state index contributed by atoms with van der Waals surface area (Å²) in [7, 11) is -1.71. The van der Waals surface area contributed by atoms with Gasteiger partial charge in [0.05, 0.1) is 0 Å². The molecule has 18 heavy (non-hydrogen) atoms. The molecule has 0 spiro atoms. The van der Waals surface area contributed by atoms with Crippen molar-refractivity contribution in [2.24, 2.45) is 5.41 Å². The van der Waals surface area contributed by atoms with Gasteiger partial charge in [-0.1, -0.05) is 20.8 Å². The first kappa shape index (κ1) is 14.9. The predicted octanol–water partition coefficient (Wildman–Crippen LogP) is 1.84. The van der Waals surface area contributed by atoms with Gasteiger partial charge in [0.25, 0.3) is 0 Å². The van der Waals surface area contributed by atoms with Crippen LogP contribution < -0.4 is 10.0 Å². The van der Waals surface area contributed by atoms with E-state index in [2.05, 4.69) is 35.8 Å². The van der Waals surface area contributed by atoms with Crippen LogP contribution in [-0.4, -0.2) is 27.0 Å². The first-order valence-electron chi connectivity index (χ1n) is 5.88. The zero-order chi connectivity index (χ0) is 13.8. The average molecular weight is 271 g/mol. The van der Waals surface area contributed by atoms with E-state index in [1.165, 1.54) is 12.3 Å². The van der Waals surface area contributed by atoms with Crippen molar-refractivity contribution < 1.29 is 8.42 Å². The van der Waals surface area contributed by atoms with Crippen LogP contribution in [0.15, 0.2) is 23.2 Å². The maximum absolute atomic E-state index is 11.9. The lowest BCUT2D eigenvalue weighted by atomic mass is 9.93. The van der Waals surface area contributed by atoms with Crippen LogP contribution in [0.5, 0.6) is 0 Å². The van der Waals surface area contributed by atoms with Gasteiger partial charge < -0.3 is 5.32 Å². The van der Waals surface area contributed by atoms with Crippen LogP contribution >= 0.6 is 0 Å². The molecule has 6 heteroatoms. The van der Waals surface area contributed by atoms with Crippen LogP contribution in [0.3, 0.4) is 0 Å². The molecule has 0 aromatic carbocycles. The van der Waals surface area contributed by atoms with Crippen LogP contribution in [0.4, 0.5) is 5.82 Å². The van der Waals surface area contributed by atoms with Crippen molar-refractivity contribution in [3.8, 4) is 0 Å². The number of pyridine rings is 1. The summed E-state index contributed by atoms with van der Waals surface area (Å²) in [6, 6.07) is 3.18. The Bertz CT molecular complexity index is 475. The van der Waals surface area contributed by atoms with E-state index in [-0.39, 0.29) is 10.3 Å². The lowest BCUT2D eigenvalue weighted by Gasteiger charge is -2.18. The molecule has 0 bridgehead atoms. The molecule has 0 atom stereocenters. The molecule has 1 aromatic rings. The van der Waals surface area contributed by atoms with Gasteiger partial charge in [0.15, 0.2) is 0 Å². The Kier molecular flexibility index (Phi) is 4.70. The standard InChI is InChI=1S/C12H21N3O2S/c1-12(2,3)7-8-15-18(16,17)10-5-6-11(13-4)14-9-10/h5-6,9,15H,7-8H2,1-4H3,(H,13,14). The number of nitrogens with one attached hydrogen (secondary N) is 2. The highest BCUT2D eigenvalue weighted by atomic mass is 32.2. The highest BCUT2D eigenvalue weighted by Crippen LogP contribution is 2.18.